The SMILES string of the molecule is CCOCc1nc(=O)c(S(=O)(=O)c2ccc(C(C)(C)C)cc2)c(O)n1-c1c(CC)cccc1CC. The van der Waals surface area contributed by atoms with Crippen molar-refractivity contribution in [3.8, 4) is 11.6 Å². The summed E-state index contributed by atoms with van der Waals surface area (Å²) in [4.78, 5) is 16.3. The lowest BCUT2D eigenvalue weighted by Crippen LogP contribution is -2.26. The van der Waals surface area contributed by atoms with Crippen molar-refractivity contribution in [2.75, 3.05) is 6.61 Å². The van der Waals surface area contributed by atoms with E-state index in [9.17, 15) is 18.3 Å². The molecule has 1 N–H and O–H groups in total. The van der Waals surface area contributed by atoms with Crippen LogP contribution in [0.3, 0.4) is 0 Å². The Balaban J connectivity index is 2.34. The Bertz CT molecular complexity index is 1350. The van der Waals surface area contributed by atoms with E-state index in [1.54, 1.807) is 19.1 Å². The predicted molar refractivity (Wildman–Crippen MR) is 136 cm³/mol. The monoisotopic (exact) mass is 498 g/mol. The highest BCUT2D eigenvalue weighted by atomic mass is 32.2. The van der Waals surface area contributed by atoms with Crippen LogP contribution in [0.25, 0.3) is 5.69 Å². The Morgan fingerprint density at radius 2 is 1.54 bits per heavy atom. The van der Waals surface area contributed by atoms with Crippen molar-refractivity contribution in [3.63, 3.8) is 0 Å². The van der Waals surface area contributed by atoms with E-state index in [0.717, 1.165) is 16.7 Å². The molecule has 0 bridgehead atoms. The predicted octanol–water partition coefficient (Wildman–Crippen LogP) is 4.73. The number of nitrogens with zero attached hydrogens (tertiary/aromatic N) is 2. The minimum atomic E-state index is -4.36. The van der Waals surface area contributed by atoms with Crippen molar-refractivity contribution < 1.29 is 18.3 Å². The molecule has 0 atom stereocenters. The van der Waals surface area contributed by atoms with E-state index in [2.05, 4.69) is 4.98 Å². The number of hydrogen-bond donors (Lipinski definition) is 1. The van der Waals surface area contributed by atoms with Gasteiger partial charge in [-0.15, -0.1) is 0 Å². The van der Waals surface area contributed by atoms with Crippen LogP contribution in [0.2, 0.25) is 0 Å². The fourth-order valence-corrected chi connectivity index (χ4v) is 5.39. The second-order valence-corrected chi connectivity index (χ2v) is 11.3. The van der Waals surface area contributed by atoms with Crippen LogP contribution in [-0.4, -0.2) is 29.7 Å². The second kappa shape index (κ2) is 10.3. The molecule has 1 aromatic heterocycles. The van der Waals surface area contributed by atoms with Gasteiger partial charge in [0, 0.05) is 6.61 Å². The number of aryl methyl sites for hydroxylation is 2. The third-order valence-electron chi connectivity index (χ3n) is 6.02. The number of para-hydroxylation sites is 1. The molecule has 0 fully saturated rings. The van der Waals surface area contributed by atoms with Gasteiger partial charge in [0.1, 0.15) is 12.4 Å². The molecule has 0 radical (unpaired) electrons. The highest BCUT2D eigenvalue weighted by molar-refractivity contribution is 7.91. The Morgan fingerprint density at radius 3 is 2.03 bits per heavy atom. The molecule has 0 saturated carbocycles. The Kier molecular flexibility index (Phi) is 7.87. The average molecular weight is 499 g/mol. The molecule has 0 unspecified atom stereocenters. The lowest BCUT2D eigenvalue weighted by molar-refractivity contribution is 0.125. The summed E-state index contributed by atoms with van der Waals surface area (Å²) in [6.45, 7) is 12.1. The summed E-state index contributed by atoms with van der Waals surface area (Å²) in [5.74, 6) is -0.512. The lowest BCUT2D eigenvalue weighted by atomic mass is 9.87. The van der Waals surface area contributed by atoms with Crippen LogP contribution in [-0.2, 0) is 39.4 Å². The van der Waals surface area contributed by atoms with Gasteiger partial charge in [0.25, 0.3) is 5.56 Å². The van der Waals surface area contributed by atoms with E-state index in [-0.39, 0.29) is 22.7 Å². The van der Waals surface area contributed by atoms with Gasteiger partial charge in [-0.05, 0) is 54.0 Å². The lowest BCUT2D eigenvalue weighted by Gasteiger charge is -2.22. The summed E-state index contributed by atoms with van der Waals surface area (Å²) < 4.78 is 34.1. The van der Waals surface area contributed by atoms with Crippen LogP contribution in [0.4, 0.5) is 0 Å². The zero-order chi connectivity index (χ0) is 26.0. The molecule has 2 aromatic carbocycles. The van der Waals surface area contributed by atoms with Crippen molar-refractivity contribution in [1.82, 2.24) is 9.55 Å². The van der Waals surface area contributed by atoms with E-state index in [4.69, 9.17) is 4.74 Å². The molecule has 0 spiro atoms. The fraction of sp³-hybridized carbons (Fsp3) is 0.407. The van der Waals surface area contributed by atoms with Crippen LogP contribution < -0.4 is 5.56 Å². The molecule has 0 aliphatic heterocycles. The molecule has 0 saturated heterocycles. The van der Waals surface area contributed by atoms with E-state index in [1.807, 2.05) is 52.8 Å². The van der Waals surface area contributed by atoms with Crippen LogP contribution in [0.15, 0.2) is 57.1 Å². The van der Waals surface area contributed by atoms with E-state index in [0.29, 0.717) is 25.1 Å². The number of rotatable bonds is 8. The molecular weight excluding hydrogens is 464 g/mol. The first-order chi connectivity index (χ1) is 16.5. The number of ether oxygens (including phenoxy) is 1. The van der Waals surface area contributed by atoms with Gasteiger partial charge in [0.2, 0.25) is 15.7 Å². The number of hydrogen-bond acceptors (Lipinski definition) is 6. The van der Waals surface area contributed by atoms with Gasteiger partial charge in [0.15, 0.2) is 4.90 Å². The van der Waals surface area contributed by atoms with Gasteiger partial charge < -0.3 is 9.84 Å². The Hall–Kier alpha value is -2.97. The normalized spacial score (nSPS) is 12.2. The number of aromatic nitrogens is 2. The minimum Gasteiger partial charge on any atom is -0.493 e. The first kappa shape index (κ1) is 26.6. The molecule has 3 aromatic rings. The maximum atomic E-state index is 13.6. The maximum Gasteiger partial charge on any atom is 0.296 e. The molecule has 0 aliphatic carbocycles. The molecule has 35 heavy (non-hydrogen) atoms. The van der Waals surface area contributed by atoms with Crippen LogP contribution in [0, 0.1) is 0 Å². The van der Waals surface area contributed by atoms with Crippen LogP contribution >= 0.6 is 0 Å². The molecule has 188 valence electrons. The molecule has 8 heteroatoms. The van der Waals surface area contributed by atoms with Crippen molar-refractivity contribution in [2.45, 2.75) is 76.2 Å². The average Bonchev–Trinajstić information content (AvgIpc) is 2.81. The van der Waals surface area contributed by atoms with E-state index in [1.165, 1.54) is 16.7 Å². The molecule has 1 heterocycles. The summed E-state index contributed by atoms with van der Waals surface area (Å²) in [6.07, 6.45) is 1.28. The number of sulfone groups is 1. The quantitative estimate of drug-likeness (QED) is 0.482. The van der Waals surface area contributed by atoms with Crippen molar-refractivity contribution in [1.29, 1.82) is 0 Å². The van der Waals surface area contributed by atoms with Crippen LogP contribution in [0.5, 0.6) is 5.88 Å². The maximum absolute atomic E-state index is 13.6. The fourth-order valence-electron chi connectivity index (χ4n) is 4.05. The topological polar surface area (TPSA) is 98.5 Å². The summed E-state index contributed by atoms with van der Waals surface area (Å²) >= 11 is 0. The third-order valence-corrected chi connectivity index (χ3v) is 7.81. The zero-order valence-corrected chi connectivity index (χ0v) is 22.1. The first-order valence-electron chi connectivity index (χ1n) is 11.9. The third kappa shape index (κ3) is 5.18. The minimum absolute atomic E-state index is 0.0545. The zero-order valence-electron chi connectivity index (χ0n) is 21.3. The van der Waals surface area contributed by atoms with E-state index < -0.39 is 26.2 Å². The highest BCUT2D eigenvalue weighted by Gasteiger charge is 2.31. The van der Waals surface area contributed by atoms with Gasteiger partial charge in [-0.2, -0.15) is 4.98 Å². The second-order valence-electron chi connectivity index (χ2n) is 9.37. The molecular formula is C27H34N2O5S. The molecule has 0 amide bonds. The Labute approximate surface area is 207 Å². The largest absolute Gasteiger partial charge is 0.493 e. The number of aromatic hydroxyl groups is 1. The summed E-state index contributed by atoms with van der Waals surface area (Å²) in [7, 11) is -4.36. The van der Waals surface area contributed by atoms with Gasteiger partial charge >= 0.3 is 0 Å². The van der Waals surface area contributed by atoms with Crippen molar-refractivity contribution in [3.05, 3.63) is 75.3 Å². The van der Waals surface area contributed by atoms with Crippen molar-refractivity contribution >= 4 is 9.84 Å². The molecule has 3 rings (SSSR count). The smallest absolute Gasteiger partial charge is 0.296 e. The van der Waals surface area contributed by atoms with Gasteiger partial charge in [-0.3, -0.25) is 9.36 Å². The summed E-state index contributed by atoms with van der Waals surface area (Å²) in [5.41, 5.74) is 2.17. The van der Waals surface area contributed by atoms with Gasteiger partial charge in [-0.1, -0.05) is 65.0 Å². The molecule has 7 nitrogen and oxygen atoms in total. The standard InChI is InChI=1S/C27H34N2O5S/c1-7-18-11-10-12-19(8-2)23(18)29-22(17-34-9-3)28-25(30)24(26(29)31)35(32,33)21-15-13-20(14-16-21)27(4,5)6/h10-16,31H,7-9,17H2,1-6H3. The van der Waals surface area contributed by atoms with Gasteiger partial charge in [-0.25, -0.2) is 8.42 Å². The number of benzene rings is 2. The first-order valence-corrected chi connectivity index (χ1v) is 13.3. The Morgan fingerprint density at radius 1 is 0.971 bits per heavy atom. The summed E-state index contributed by atoms with van der Waals surface area (Å²) in [5, 5.41) is 11.4. The van der Waals surface area contributed by atoms with Gasteiger partial charge in [0.05, 0.1) is 10.6 Å². The van der Waals surface area contributed by atoms with E-state index >= 15 is 0 Å². The van der Waals surface area contributed by atoms with Crippen LogP contribution in [0.1, 0.15) is 64.1 Å². The molecule has 0 aliphatic rings. The highest BCUT2D eigenvalue weighted by Crippen LogP contribution is 2.33. The van der Waals surface area contributed by atoms with Crippen molar-refractivity contribution in [2.24, 2.45) is 0 Å². The summed E-state index contributed by atoms with van der Waals surface area (Å²) in [6, 6.07) is 12.1.